The van der Waals surface area contributed by atoms with Gasteiger partial charge in [0.1, 0.15) is 0 Å². The Balaban J connectivity index is 1.93. The van der Waals surface area contributed by atoms with Crippen molar-refractivity contribution in [2.24, 2.45) is 11.3 Å². The first-order chi connectivity index (χ1) is 10.1. The summed E-state index contributed by atoms with van der Waals surface area (Å²) in [4.78, 5) is 12.6. The highest BCUT2D eigenvalue weighted by atomic mass is 35.5. The van der Waals surface area contributed by atoms with Crippen LogP contribution in [0.4, 0.5) is 0 Å². The van der Waals surface area contributed by atoms with Gasteiger partial charge in [0, 0.05) is 17.0 Å². The SMILES string of the molecule is CCC1CCC(CC)(C(=O)NCc2ccc(Cl)cc2)CC1. The average Bonchev–Trinajstić information content (AvgIpc) is 2.54. The molecule has 116 valence electrons. The number of halogens is 1. The van der Waals surface area contributed by atoms with E-state index in [0.717, 1.165) is 35.8 Å². The van der Waals surface area contributed by atoms with Crippen LogP contribution in [-0.4, -0.2) is 5.91 Å². The molecule has 0 unspecified atom stereocenters. The zero-order chi connectivity index (χ0) is 15.3. The smallest absolute Gasteiger partial charge is 0.226 e. The van der Waals surface area contributed by atoms with Crippen LogP contribution in [0.1, 0.15) is 57.9 Å². The van der Waals surface area contributed by atoms with E-state index in [1.165, 1.54) is 19.3 Å². The maximum absolute atomic E-state index is 12.6. The van der Waals surface area contributed by atoms with Crippen molar-refractivity contribution in [2.45, 2.75) is 58.9 Å². The molecule has 0 saturated heterocycles. The molecule has 1 fully saturated rings. The number of amides is 1. The summed E-state index contributed by atoms with van der Waals surface area (Å²) in [5.74, 6) is 1.04. The van der Waals surface area contributed by atoms with E-state index in [1.807, 2.05) is 24.3 Å². The van der Waals surface area contributed by atoms with Crippen LogP contribution in [0.3, 0.4) is 0 Å². The van der Waals surface area contributed by atoms with Crippen molar-refractivity contribution in [2.75, 3.05) is 0 Å². The van der Waals surface area contributed by atoms with Crippen molar-refractivity contribution >= 4 is 17.5 Å². The maximum Gasteiger partial charge on any atom is 0.226 e. The van der Waals surface area contributed by atoms with Crippen molar-refractivity contribution < 1.29 is 4.79 Å². The Morgan fingerprint density at radius 1 is 1.24 bits per heavy atom. The van der Waals surface area contributed by atoms with Crippen LogP contribution in [0, 0.1) is 11.3 Å². The van der Waals surface area contributed by atoms with Gasteiger partial charge in [-0.1, -0.05) is 44.0 Å². The van der Waals surface area contributed by atoms with Crippen LogP contribution in [0.5, 0.6) is 0 Å². The molecular weight excluding hydrogens is 282 g/mol. The normalized spacial score (nSPS) is 25.6. The lowest BCUT2D eigenvalue weighted by molar-refractivity contribution is -0.134. The molecule has 1 aromatic rings. The minimum Gasteiger partial charge on any atom is -0.352 e. The van der Waals surface area contributed by atoms with E-state index in [2.05, 4.69) is 19.2 Å². The van der Waals surface area contributed by atoms with Gasteiger partial charge in [-0.15, -0.1) is 0 Å². The fourth-order valence-corrected chi connectivity index (χ4v) is 3.48. The standard InChI is InChI=1S/C18H26ClNO/c1-3-14-9-11-18(4-2,12-10-14)17(21)20-13-15-5-7-16(19)8-6-15/h5-8,14H,3-4,9-13H2,1-2H3,(H,20,21). The molecule has 0 atom stereocenters. The third-order valence-corrected chi connectivity index (χ3v) is 5.42. The van der Waals surface area contributed by atoms with Gasteiger partial charge < -0.3 is 5.32 Å². The first kappa shape index (κ1) is 16.4. The average molecular weight is 308 g/mol. The number of carbonyl (C=O) groups excluding carboxylic acids is 1. The van der Waals surface area contributed by atoms with Crippen molar-refractivity contribution in [3.63, 3.8) is 0 Å². The monoisotopic (exact) mass is 307 g/mol. The quantitative estimate of drug-likeness (QED) is 0.819. The van der Waals surface area contributed by atoms with Crippen LogP contribution < -0.4 is 5.32 Å². The summed E-state index contributed by atoms with van der Waals surface area (Å²) in [6.07, 6.45) is 6.64. The Morgan fingerprint density at radius 3 is 2.38 bits per heavy atom. The highest BCUT2D eigenvalue weighted by Crippen LogP contribution is 2.42. The summed E-state index contributed by atoms with van der Waals surface area (Å²) < 4.78 is 0. The van der Waals surface area contributed by atoms with E-state index >= 15 is 0 Å². The van der Waals surface area contributed by atoms with Gasteiger partial charge in [0.2, 0.25) is 5.91 Å². The second kappa shape index (κ2) is 7.31. The van der Waals surface area contributed by atoms with Gasteiger partial charge in [-0.2, -0.15) is 0 Å². The highest BCUT2D eigenvalue weighted by molar-refractivity contribution is 6.30. The molecule has 0 bridgehead atoms. The topological polar surface area (TPSA) is 29.1 Å². The Hall–Kier alpha value is -1.02. The third kappa shape index (κ3) is 4.00. The molecule has 2 rings (SSSR count). The number of rotatable bonds is 5. The van der Waals surface area contributed by atoms with Gasteiger partial charge in [-0.05, 0) is 55.7 Å². The summed E-state index contributed by atoms with van der Waals surface area (Å²) in [6, 6.07) is 7.67. The molecule has 1 amide bonds. The first-order valence-corrected chi connectivity index (χ1v) is 8.50. The lowest BCUT2D eigenvalue weighted by Gasteiger charge is -2.38. The lowest BCUT2D eigenvalue weighted by Crippen LogP contribution is -2.42. The Bertz CT molecular complexity index is 461. The molecule has 0 aromatic heterocycles. The Labute approximate surface area is 133 Å². The van der Waals surface area contributed by atoms with E-state index in [4.69, 9.17) is 11.6 Å². The molecule has 2 nitrogen and oxygen atoms in total. The molecule has 0 aliphatic heterocycles. The van der Waals surface area contributed by atoms with Crippen LogP contribution >= 0.6 is 11.6 Å². The molecule has 21 heavy (non-hydrogen) atoms. The summed E-state index contributed by atoms with van der Waals surface area (Å²) in [6.45, 7) is 4.99. The van der Waals surface area contributed by atoms with Crippen LogP contribution in [0.15, 0.2) is 24.3 Å². The molecule has 0 spiro atoms. The molecule has 1 N–H and O–H groups in total. The van der Waals surface area contributed by atoms with Gasteiger partial charge in [-0.3, -0.25) is 4.79 Å². The van der Waals surface area contributed by atoms with Crippen molar-refractivity contribution in [1.82, 2.24) is 5.32 Å². The second-order valence-electron chi connectivity index (χ2n) is 6.29. The molecule has 1 aromatic carbocycles. The predicted molar refractivity (Wildman–Crippen MR) is 88.3 cm³/mol. The molecular formula is C18H26ClNO. The number of hydrogen-bond acceptors (Lipinski definition) is 1. The van der Waals surface area contributed by atoms with Crippen molar-refractivity contribution in [3.05, 3.63) is 34.9 Å². The molecule has 3 heteroatoms. The number of hydrogen-bond donors (Lipinski definition) is 1. The van der Waals surface area contributed by atoms with Crippen LogP contribution in [0.25, 0.3) is 0 Å². The van der Waals surface area contributed by atoms with Gasteiger partial charge in [-0.25, -0.2) is 0 Å². The van der Waals surface area contributed by atoms with E-state index in [9.17, 15) is 4.79 Å². The van der Waals surface area contributed by atoms with Gasteiger partial charge in [0.05, 0.1) is 0 Å². The van der Waals surface area contributed by atoms with Gasteiger partial charge >= 0.3 is 0 Å². The predicted octanol–water partition coefficient (Wildman–Crippen LogP) is 4.95. The van der Waals surface area contributed by atoms with Crippen molar-refractivity contribution in [3.8, 4) is 0 Å². The van der Waals surface area contributed by atoms with E-state index in [-0.39, 0.29) is 11.3 Å². The van der Waals surface area contributed by atoms with Gasteiger partial charge in [0.15, 0.2) is 0 Å². The molecule has 0 heterocycles. The minimum absolute atomic E-state index is 0.141. The van der Waals surface area contributed by atoms with E-state index < -0.39 is 0 Å². The summed E-state index contributed by atoms with van der Waals surface area (Å²) in [5.41, 5.74) is 0.958. The van der Waals surface area contributed by atoms with Crippen molar-refractivity contribution in [1.29, 1.82) is 0 Å². The van der Waals surface area contributed by atoms with Gasteiger partial charge in [0.25, 0.3) is 0 Å². The fourth-order valence-electron chi connectivity index (χ4n) is 3.35. The summed E-state index contributed by atoms with van der Waals surface area (Å²) in [5, 5.41) is 3.86. The Kier molecular flexibility index (Phi) is 5.69. The third-order valence-electron chi connectivity index (χ3n) is 5.16. The zero-order valence-electron chi connectivity index (χ0n) is 13.1. The summed E-state index contributed by atoms with van der Waals surface area (Å²) >= 11 is 5.88. The number of benzene rings is 1. The minimum atomic E-state index is -0.141. The number of carbonyl (C=O) groups is 1. The van der Waals surface area contributed by atoms with E-state index in [1.54, 1.807) is 0 Å². The van der Waals surface area contributed by atoms with E-state index in [0.29, 0.717) is 6.54 Å². The maximum atomic E-state index is 12.6. The first-order valence-electron chi connectivity index (χ1n) is 8.12. The Morgan fingerprint density at radius 2 is 1.86 bits per heavy atom. The van der Waals surface area contributed by atoms with Crippen LogP contribution in [-0.2, 0) is 11.3 Å². The fraction of sp³-hybridized carbons (Fsp3) is 0.611. The lowest BCUT2D eigenvalue weighted by atomic mass is 9.68. The van der Waals surface area contributed by atoms with Crippen LogP contribution in [0.2, 0.25) is 5.02 Å². The molecule has 0 radical (unpaired) electrons. The largest absolute Gasteiger partial charge is 0.352 e. The number of nitrogens with one attached hydrogen (secondary N) is 1. The second-order valence-corrected chi connectivity index (χ2v) is 6.73. The summed E-state index contributed by atoms with van der Waals surface area (Å²) in [7, 11) is 0. The highest BCUT2D eigenvalue weighted by Gasteiger charge is 2.39. The molecule has 1 aliphatic carbocycles. The molecule has 1 saturated carbocycles. The molecule has 1 aliphatic rings. The zero-order valence-corrected chi connectivity index (χ0v) is 13.9.